The standard InChI is InChI=1S/C11H19N3S/c1-2-12-8-4-7-10-13-14-11(15-10)9-5-3-6-9/h9,12H,2-8H2,1H3. The van der Waals surface area contributed by atoms with Crippen molar-refractivity contribution in [1.82, 2.24) is 15.5 Å². The lowest BCUT2D eigenvalue weighted by molar-refractivity contribution is 0.416. The molecule has 0 aliphatic heterocycles. The summed E-state index contributed by atoms with van der Waals surface area (Å²) < 4.78 is 0. The van der Waals surface area contributed by atoms with Gasteiger partial charge in [-0.3, -0.25) is 0 Å². The van der Waals surface area contributed by atoms with Gasteiger partial charge in [0.1, 0.15) is 10.0 Å². The molecule has 1 aliphatic rings. The Kier molecular flexibility index (Phi) is 4.09. The summed E-state index contributed by atoms with van der Waals surface area (Å²) in [6, 6.07) is 0. The predicted molar refractivity (Wildman–Crippen MR) is 63.4 cm³/mol. The van der Waals surface area contributed by atoms with E-state index in [9.17, 15) is 0 Å². The number of hydrogen-bond acceptors (Lipinski definition) is 4. The molecule has 0 spiro atoms. The summed E-state index contributed by atoms with van der Waals surface area (Å²) in [6.07, 6.45) is 6.28. The molecule has 0 saturated heterocycles. The minimum Gasteiger partial charge on any atom is -0.317 e. The lowest BCUT2D eigenvalue weighted by atomic mass is 9.86. The number of hydrogen-bond donors (Lipinski definition) is 1. The van der Waals surface area contributed by atoms with Gasteiger partial charge in [-0.1, -0.05) is 13.3 Å². The van der Waals surface area contributed by atoms with Gasteiger partial charge < -0.3 is 5.32 Å². The molecule has 3 nitrogen and oxygen atoms in total. The zero-order chi connectivity index (χ0) is 10.5. The van der Waals surface area contributed by atoms with Gasteiger partial charge in [0.25, 0.3) is 0 Å². The largest absolute Gasteiger partial charge is 0.317 e. The molecule has 1 aromatic rings. The van der Waals surface area contributed by atoms with Crippen LogP contribution in [-0.2, 0) is 6.42 Å². The van der Waals surface area contributed by atoms with Crippen LogP contribution in [0.15, 0.2) is 0 Å². The maximum absolute atomic E-state index is 4.29. The maximum Gasteiger partial charge on any atom is 0.120 e. The van der Waals surface area contributed by atoms with Crippen LogP contribution in [0.5, 0.6) is 0 Å². The molecule has 0 atom stereocenters. The van der Waals surface area contributed by atoms with Crippen molar-refractivity contribution in [3.05, 3.63) is 10.0 Å². The third-order valence-electron chi connectivity index (χ3n) is 2.93. The molecule has 1 aliphatic carbocycles. The molecule has 0 amide bonds. The van der Waals surface area contributed by atoms with Crippen molar-refractivity contribution in [3.8, 4) is 0 Å². The quantitative estimate of drug-likeness (QED) is 0.755. The number of aryl methyl sites for hydroxylation is 1. The molecule has 2 rings (SSSR count). The van der Waals surface area contributed by atoms with Crippen LogP contribution >= 0.6 is 11.3 Å². The molecule has 15 heavy (non-hydrogen) atoms. The summed E-state index contributed by atoms with van der Waals surface area (Å²) in [5.74, 6) is 0.741. The van der Waals surface area contributed by atoms with Crippen LogP contribution in [0.3, 0.4) is 0 Å². The summed E-state index contributed by atoms with van der Waals surface area (Å²) in [5.41, 5.74) is 0. The molecule has 0 aromatic carbocycles. The van der Waals surface area contributed by atoms with Crippen molar-refractivity contribution in [2.24, 2.45) is 0 Å². The Bertz CT molecular complexity index is 294. The summed E-state index contributed by atoms with van der Waals surface area (Å²) >= 11 is 1.82. The summed E-state index contributed by atoms with van der Waals surface area (Å²) in [7, 11) is 0. The predicted octanol–water partition coefficient (Wildman–Crippen LogP) is 2.35. The van der Waals surface area contributed by atoms with Gasteiger partial charge in [-0.2, -0.15) is 0 Å². The third kappa shape index (κ3) is 2.98. The second kappa shape index (κ2) is 5.56. The van der Waals surface area contributed by atoms with E-state index in [-0.39, 0.29) is 0 Å². The molecule has 1 aromatic heterocycles. The molecule has 0 unspecified atom stereocenters. The van der Waals surface area contributed by atoms with Crippen LogP contribution in [0.2, 0.25) is 0 Å². The van der Waals surface area contributed by atoms with E-state index < -0.39 is 0 Å². The van der Waals surface area contributed by atoms with Gasteiger partial charge >= 0.3 is 0 Å². The number of aromatic nitrogens is 2. The average molecular weight is 225 g/mol. The Balaban J connectivity index is 1.74. The SMILES string of the molecule is CCNCCCc1nnc(C2CCC2)s1. The van der Waals surface area contributed by atoms with E-state index >= 15 is 0 Å². The second-order valence-corrected chi connectivity index (χ2v) is 5.21. The highest BCUT2D eigenvalue weighted by molar-refractivity contribution is 7.11. The van der Waals surface area contributed by atoms with E-state index in [1.807, 2.05) is 11.3 Å². The molecule has 84 valence electrons. The van der Waals surface area contributed by atoms with E-state index in [2.05, 4.69) is 22.4 Å². The van der Waals surface area contributed by atoms with Gasteiger partial charge in [-0.15, -0.1) is 21.5 Å². The van der Waals surface area contributed by atoms with Crippen molar-refractivity contribution in [3.63, 3.8) is 0 Å². The van der Waals surface area contributed by atoms with Crippen LogP contribution in [0.1, 0.15) is 48.5 Å². The smallest absolute Gasteiger partial charge is 0.120 e. The molecule has 4 heteroatoms. The second-order valence-electron chi connectivity index (χ2n) is 4.12. The van der Waals surface area contributed by atoms with E-state index in [1.54, 1.807) is 0 Å². The van der Waals surface area contributed by atoms with Crippen LogP contribution < -0.4 is 5.32 Å². The number of nitrogens with one attached hydrogen (secondary N) is 1. The fourth-order valence-corrected chi connectivity index (χ4v) is 2.78. The molecule has 0 radical (unpaired) electrons. The monoisotopic (exact) mass is 225 g/mol. The Hall–Kier alpha value is -0.480. The minimum absolute atomic E-state index is 0.741. The summed E-state index contributed by atoms with van der Waals surface area (Å²) in [4.78, 5) is 0. The molecule has 1 N–H and O–H groups in total. The van der Waals surface area contributed by atoms with Crippen molar-refractivity contribution >= 4 is 11.3 Å². The molecular weight excluding hydrogens is 206 g/mol. The van der Waals surface area contributed by atoms with Crippen LogP contribution in [0.25, 0.3) is 0 Å². The lowest BCUT2D eigenvalue weighted by Crippen LogP contribution is -2.14. The van der Waals surface area contributed by atoms with Gasteiger partial charge in [-0.05, 0) is 32.4 Å². The van der Waals surface area contributed by atoms with E-state index in [1.165, 1.54) is 35.7 Å². The first-order chi connectivity index (χ1) is 7.40. The van der Waals surface area contributed by atoms with Gasteiger partial charge in [0.15, 0.2) is 0 Å². The Morgan fingerprint density at radius 3 is 2.93 bits per heavy atom. The molecule has 1 heterocycles. The normalized spacial score (nSPS) is 16.6. The Labute approximate surface area is 95.3 Å². The summed E-state index contributed by atoms with van der Waals surface area (Å²) in [5, 5.41) is 14.4. The zero-order valence-corrected chi connectivity index (χ0v) is 10.1. The average Bonchev–Trinajstić information content (AvgIpc) is 2.58. The van der Waals surface area contributed by atoms with Gasteiger partial charge in [-0.25, -0.2) is 0 Å². The topological polar surface area (TPSA) is 37.8 Å². The number of rotatable bonds is 6. The molecule has 1 saturated carbocycles. The van der Waals surface area contributed by atoms with E-state index in [0.29, 0.717) is 0 Å². The Morgan fingerprint density at radius 1 is 1.40 bits per heavy atom. The number of nitrogens with zero attached hydrogens (tertiary/aromatic N) is 2. The molecular formula is C11H19N3S. The van der Waals surface area contributed by atoms with Crippen LogP contribution in [0.4, 0.5) is 0 Å². The third-order valence-corrected chi connectivity index (χ3v) is 4.08. The fourth-order valence-electron chi connectivity index (χ4n) is 1.73. The van der Waals surface area contributed by atoms with Crippen molar-refractivity contribution < 1.29 is 0 Å². The van der Waals surface area contributed by atoms with Gasteiger partial charge in [0.2, 0.25) is 0 Å². The maximum atomic E-state index is 4.29. The zero-order valence-electron chi connectivity index (χ0n) is 9.33. The highest BCUT2D eigenvalue weighted by Gasteiger charge is 2.23. The Morgan fingerprint density at radius 2 is 2.27 bits per heavy atom. The van der Waals surface area contributed by atoms with Gasteiger partial charge in [0, 0.05) is 12.3 Å². The molecule has 1 fully saturated rings. The van der Waals surface area contributed by atoms with Crippen molar-refractivity contribution in [1.29, 1.82) is 0 Å². The highest BCUT2D eigenvalue weighted by atomic mass is 32.1. The van der Waals surface area contributed by atoms with Gasteiger partial charge in [0.05, 0.1) is 0 Å². The first-order valence-electron chi connectivity index (χ1n) is 5.93. The van der Waals surface area contributed by atoms with Crippen LogP contribution in [0, 0.1) is 0 Å². The molecule has 0 bridgehead atoms. The fraction of sp³-hybridized carbons (Fsp3) is 0.818. The van der Waals surface area contributed by atoms with Crippen molar-refractivity contribution in [2.75, 3.05) is 13.1 Å². The van der Waals surface area contributed by atoms with Crippen LogP contribution in [-0.4, -0.2) is 23.3 Å². The first kappa shape index (κ1) is 11.0. The van der Waals surface area contributed by atoms with Crippen molar-refractivity contribution in [2.45, 2.75) is 44.9 Å². The van der Waals surface area contributed by atoms with E-state index in [4.69, 9.17) is 0 Å². The first-order valence-corrected chi connectivity index (χ1v) is 6.74. The van der Waals surface area contributed by atoms with E-state index in [0.717, 1.165) is 25.4 Å². The highest BCUT2D eigenvalue weighted by Crippen LogP contribution is 2.37. The summed E-state index contributed by atoms with van der Waals surface area (Å²) in [6.45, 7) is 4.29. The minimum atomic E-state index is 0.741. The lowest BCUT2D eigenvalue weighted by Gasteiger charge is -2.21.